The van der Waals surface area contributed by atoms with E-state index in [1.165, 1.54) is 53.5 Å². The first-order valence-electron chi connectivity index (χ1n) is 6.41. The first-order chi connectivity index (χ1) is 6.74. The Labute approximate surface area is 95.2 Å². The number of rotatable bonds is 9. The Bertz CT molecular complexity index is 136. The third-order valence-electron chi connectivity index (χ3n) is 3.18. The summed E-state index contributed by atoms with van der Waals surface area (Å²) in [5.74, 6) is 0. The summed E-state index contributed by atoms with van der Waals surface area (Å²) < 4.78 is 0. The summed E-state index contributed by atoms with van der Waals surface area (Å²) in [4.78, 5) is 0. The minimum Gasteiger partial charge on any atom is -0.0999 e. The molecule has 0 aliphatic heterocycles. The van der Waals surface area contributed by atoms with E-state index in [-0.39, 0.29) is 14.1 Å². The van der Waals surface area contributed by atoms with Gasteiger partial charge in [-0.3, -0.25) is 0 Å². The second-order valence-corrected chi connectivity index (χ2v) is 8.37. The Balaban J connectivity index is 3.38. The van der Waals surface area contributed by atoms with E-state index in [1.54, 1.807) is 0 Å². The lowest BCUT2D eigenvalue weighted by Gasteiger charge is -2.07. The maximum absolute atomic E-state index is 4.16. The molecule has 82 valence electrons. The SMILES string of the molecule is C=C(CCCC)CC[CH2][Al]([CH2]C)[CH2]C. The zero-order valence-electron chi connectivity index (χ0n) is 10.4. The highest BCUT2D eigenvalue weighted by Crippen LogP contribution is 2.16. The molecule has 0 nitrogen and oxygen atoms in total. The van der Waals surface area contributed by atoms with Crippen LogP contribution < -0.4 is 0 Å². The van der Waals surface area contributed by atoms with Gasteiger partial charge in [-0.2, -0.15) is 0 Å². The summed E-state index contributed by atoms with van der Waals surface area (Å²) >= 11 is -0.319. The number of unbranched alkanes of at least 4 members (excludes halogenated alkanes) is 1. The quantitative estimate of drug-likeness (QED) is 0.369. The standard InChI is InChI=1S/C9H17.2C2H5.Al/c1-4-6-8-9(3)7-5-2;2*1-2;/h2-8H2,1H3;2*1H2,2H3;. The molecule has 0 spiro atoms. The highest BCUT2D eigenvalue weighted by atomic mass is 27.2. The fraction of sp³-hybridized carbons (Fsp3) is 0.846. The van der Waals surface area contributed by atoms with E-state index in [9.17, 15) is 0 Å². The van der Waals surface area contributed by atoms with Crippen LogP contribution in [0.25, 0.3) is 0 Å². The maximum atomic E-state index is 4.16. The second-order valence-electron chi connectivity index (χ2n) is 4.43. The Morgan fingerprint density at radius 1 is 1.00 bits per heavy atom. The average Bonchev–Trinajstić information content (AvgIpc) is 2.21. The number of hydrogen-bond acceptors (Lipinski definition) is 0. The smallest absolute Gasteiger partial charge is 0.0999 e. The minimum absolute atomic E-state index is 0.319. The molecule has 0 saturated heterocycles. The molecule has 0 aliphatic rings. The average molecular weight is 210 g/mol. The van der Waals surface area contributed by atoms with E-state index in [1.807, 2.05) is 0 Å². The predicted molar refractivity (Wildman–Crippen MR) is 69.4 cm³/mol. The van der Waals surface area contributed by atoms with Crippen LogP contribution in [-0.4, -0.2) is 14.1 Å². The van der Waals surface area contributed by atoms with E-state index in [4.69, 9.17) is 0 Å². The fourth-order valence-electron chi connectivity index (χ4n) is 1.89. The molecule has 0 saturated carbocycles. The van der Waals surface area contributed by atoms with Crippen LogP contribution in [0.1, 0.15) is 52.9 Å². The van der Waals surface area contributed by atoms with Crippen molar-refractivity contribution in [1.82, 2.24) is 0 Å². The van der Waals surface area contributed by atoms with Crippen molar-refractivity contribution in [3.05, 3.63) is 12.2 Å². The highest BCUT2D eigenvalue weighted by Gasteiger charge is 2.10. The first-order valence-corrected chi connectivity index (χ1v) is 8.86. The first kappa shape index (κ1) is 14.3. The summed E-state index contributed by atoms with van der Waals surface area (Å²) in [5, 5.41) is 4.51. The molecule has 0 aromatic carbocycles. The van der Waals surface area contributed by atoms with Gasteiger partial charge in [-0.05, 0) is 19.3 Å². The summed E-state index contributed by atoms with van der Waals surface area (Å²) in [7, 11) is 0. The van der Waals surface area contributed by atoms with Gasteiger partial charge in [0.25, 0.3) is 14.1 Å². The van der Waals surface area contributed by atoms with Crippen LogP contribution in [0.2, 0.25) is 15.8 Å². The summed E-state index contributed by atoms with van der Waals surface area (Å²) in [6.45, 7) is 11.1. The number of hydrogen-bond donors (Lipinski definition) is 0. The molecule has 0 amide bonds. The van der Waals surface area contributed by atoms with Crippen LogP contribution in [0.4, 0.5) is 0 Å². The Hall–Kier alpha value is 0.272. The molecular weight excluding hydrogens is 183 g/mol. The zero-order valence-corrected chi connectivity index (χ0v) is 11.6. The van der Waals surface area contributed by atoms with Gasteiger partial charge in [-0.25, -0.2) is 0 Å². The van der Waals surface area contributed by atoms with E-state index >= 15 is 0 Å². The largest absolute Gasteiger partial charge is 0.261 e. The third-order valence-corrected chi connectivity index (χ3v) is 6.72. The lowest BCUT2D eigenvalue weighted by atomic mass is 10.1. The maximum Gasteiger partial charge on any atom is 0.261 e. The molecule has 14 heavy (non-hydrogen) atoms. The molecule has 0 radical (unpaired) electrons. The molecule has 0 aliphatic carbocycles. The van der Waals surface area contributed by atoms with Crippen LogP contribution >= 0.6 is 0 Å². The van der Waals surface area contributed by atoms with Crippen LogP contribution in [0.5, 0.6) is 0 Å². The van der Waals surface area contributed by atoms with Crippen LogP contribution in [0, 0.1) is 0 Å². The summed E-state index contributed by atoms with van der Waals surface area (Å²) in [6, 6.07) is 0. The Morgan fingerprint density at radius 3 is 2.07 bits per heavy atom. The van der Waals surface area contributed by atoms with Gasteiger partial charge in [0, 0.05) is 0 Å². The molecule has 0 atom stereocenters. The van der Waals surface area contributed by atoms with Gasteiger partial charge in [0.05, 0.1) is 0 Å². The topological polar surface area (TPSA) is 0 Å². The Kier molecular flexibility index (Phi) is 10.0. The van der Waals surface area contributed by atoms with Crippen molar-refractivity contribution in [2.24, 2.45) is 0 Å². The lowest BCUT2D eigenvalue weighted by Crippen LogP contribution is -2.07. The van der Waals surface area contributed by atoms with Crippen molar-refractivity contribution in [3.8, 4) is 0 Å². The van der Waals surface area contributed by atoms with Crippen LogP contribution in [-0.2, 0) is 0 Å². The predicted octanol–water partition coefficient (Wildman–Crippen LogP) is 5.05. The van der Waals surface area contributed by atoms with Crippen molar-refractivity contribution >= 4 is 14.1 Å². The van der Waals surface area contributed by atoms with Gasteiger partial charge >= 0.3 is 0 Å². The van der Waals surface area contributed by atoms with E-state index in [2.05, 4.69) is 27.4 Å². The molecule has 0 rings (SSSR count). The van der Waals surface area contributed by atoms with Gasteiger partial charge in [0.15, 0.2) is 0 Å². The van der Waals surface area contributed by atoms with Gasteiger partial charge in [0.1, 0.15) is 0 Å². The van der Waals surface area contributed by atoms with Gasteiger partial charge in [0.2, 0.25) is 0 Å². The number of allylic oxidation sites excluding steroid dienone is 1. The molecule has 0 fully saturated rings. The van der Waals surface area contributed by atoms with Gasteiger partial charge in [-0.15, -0.1) is 0 Å². The highest BCUT2D eigenvalue weighted by molar-refractivity contribution is 6.58. The molecule has 0 aromatic rings. The van der Waals surface area contributed by atoms with Crippen molar-refractivity contribution in [1.29, 1.82) is 0 Å². The van der Waals surface area contributed by atoms with E-state index < -0.39 is 0 Å². The molecule has 0 aromatic heterocycles. The molecule has 1 heteroatoms. The molecular formula is C13H27Al. The van der Waals surface area contributed by atoms with E-state index in [0.29, 0.717) is 0 Å². The van der Waals surface area contributed by atoms with Gasteiger partial charge in [-0.1, -0.05) is 61.6 Å². The zero-order chi connectivity index (χ0) is 10.8. The fourth-order valence-corrected chi connectivity index (χ4v) is 4.06. The van der Waals surface area contributed by atoms with E-state index in [0.717, 1.165) is 0 Å². The van der Waals surface area contributed by atoms with Crippen molar-refractivity contribution in [2.75, 3.05) is 0 Å². The molecule has 0 heterocycles. The second kappa shape index (κ2) is 9.81. The van der Waals surface area contributed by atoms with Crippen molar-refractivity contribution in [2.45, 2.75) is 68.7 Å². The van der Waals surface area contributed by atoms with Crippen LogP contribution in [0.15, 0.2) is 12.2 Å². The van der Waals surface area contributed by atoms with Crippen LogP contribution in [0.3, 0.4) is 0 Å². The van der Waals surface area contributed by atoms with Gasteiger partial charge < -0.3 is 0 Å². The normalized spacial score (nSPS) is 10.2. The summed E-state index contributed by atoms with van der Waals surface area (Å²) in [6.07, 6.45) is 6.62. The molecule has 0 bridgehead atoms. The van der Waals surface area contributed by atoms with Crippen molar-refractivity contribution < 1.29 is 0 Å². The monoisotopic (exact) mass is 210 g/mol. The lowest BCUT2D eigenvalue weighted by molar-refractivity contribution is 0.743. The third kappa shape index (κ3) is 7.66. The molecule has 0 unspecified atom stereocenters. The van der Waals surface area contributed by atoms with Crippen molar-refractivity contribution in [3.63, 3.8) is 0 Å². The summed E-state index contributed by atoms with van der Waals surface area (Å²) in [5.41, 5.74) is 1.49. The minimum atomic E-state index is -0.319. The molecule has 0 N–H and O–H groups in total. The Morgan fingerprint density at radius 2 is 1.57 bits per heavy atom.